The Morgan fingerprint density at radius 1 is 1.13 bits per heavy atom. The number of fused-ring (bicyclic) bond motifs is 1. The zero-order valence-electron chi connectivity index (χ0n) is 17.2. The van der Waals surface area contributed by atoms with Crippen molar-refractivity contribution < 1.29 is 14.3 Å². The molecule has 1 aliphatic heterocycles. The molecule has 1 fully saturated rings. The second-order valence-corrected chi connectivity index (χ2v) is 8.51. The predicted octanol–water partition coefficient (Wildman–Crippen LogP) is 4.87. The summed E-state index contributed by atoms with van der Waals surface area (Å²) in [5.74, 6) is -0.585. The monoisotopic (exact) mass is 426 g/mol. The fourth-order valence-electron chi connectivity index (χ4n) is 5.12. The first-order valence-corrected chi connectivity index (χ1v) is 10.9. The molecule has 0 bridgehead atoms. The van der Waals surface area contributed by atoms with E-state index >= 15 is 0 Å². The van der Waals surface area contributed by atoms with Crippen LogP contribution in [0.3, 0.4) is 0 Å². The Kier molecular flexibility index (Phi) is 6.11. The van der Waals surface area contributed by atoms with E-state index in [1.807, 2.05) is 41.3 Å². The lowest BCUT2D eigenvalue weighted by Gasteiger charge is -2.53. The molecule has 2 aliphatic rings. The van der Waals surface area contributed by atoms with Gasteiger partial charge in [-0.25, -0.2) is 0 Å². The number of halogens is 1. The van der Waals surface area contributed by atoms with E-state index in [2.05, 4.69) is 5.32 Å². The van der Waals surface area contributed by atoms with Gasteiger partial charge < -0.3 is 15.0 Å². The summed E-state index contributed by atoms with van der Waals surface area (Å²) in [5.41, 5.74) is 1.45. The molecular weight excluding hydrogens is 400 g/mol. The van der Waals surface area contributed by atoms with Crippen LogP contribution in [0.15, 0.2) is 48.5 Å². The number of carbonyl (C=O) groups is 2. The molecule has 0 radical (unpaired) electrons. The van der Waals surface area contributed by atoms with Crippen molar-refractivity contribution in [3.05, 3.63) is 64.7 Å². The molecule has 2 amide bonds. The van der Waals surface area contributed by atoms with Gasteiger partial charge in [0.2, 0.25) is 5.91 Å². The van der Waals surface area contributed by atoms with E-state index in [-0.39, 0.29) is 11.8 Å². The summed E-state index contributed by atoms with van der Waals surface area (Å²) in [5, 5.41) is 3.54. The Morgan fingerprint density at radius 3 is 2.57 bits per heavy atom. The van der Waals surface area contributed by atoms with Gasteiger partial charge in [0.25, 0.3) is 5.91 Å². The lowest BCUT2D eigenvalue weighted by molar-refractivity contribution is -0.122. The predicted molar refractivity (Wildman–Crippen MR) is 118 cm³/mol. The smallest absolute Gasteiger partial charge is 0.254 e. The number of benzene rings is 2. The molecule has 30 heavy (non-hydrogen) atoms. The minimum atomic E-state index is -0.548. The van der Waals surface area contributed by atoms with E-state index in [0.29, 0.717) is 29.4 Å². The van der Waals surface area contributed by atoms with Crippen molar-refractivity contribution in [3.63, 3.8) is 0 Å². The largest absolute Gasteiger partial charge is 0.383 e. The van der Waals surface area contributed by atoms with E-state index < -0.39 is 11.5 Å². The lowest BCUT2D eigenvalue weighted by atomic mass is 9.65. The molecule has 4 rings (SSSR count). The minimum Gasteiger partial charge on any atom is -0.383 e. The zero-order valence-corrected chi connectivity index (χ0v) is 18.0. The summed E-state index contributed by atoms with van der Waals surface area (Å²) in [6.45, 7) is 0.911. The minimum absolute atomic E-state index is 0.00802. The summed E-state index contributed by atoms with van der Waals surface area (Å²) < 4.78 is 5.31. The van der Waals surface area contributed by atoms with Crippen LogP contribution < -0.4 is 5.32 Å². The first kappa shape index (κ1) is 20.9. The zero-order chi connectivity index (χ0) is 21.1. The van der Waals surface area contributed by atoms with E-state index in [9.17, 15) is 9.59 Å². The number of nitrogens with zero attached hydrogens (tertiary/aromatic N) is 1. The maximum Gasteiger partial charge on any atom is 0.254 e. The molecule has 5 nitrogen and oxygen atoms in total. The molecule has 6 heteroatoms. The molecule has 1 spiro atoms. The first-order valence-electron chi connectivity index (χ1n) is 10.5. The summed E-state index contributed by atoms with van der Waals surface area (Å²) in [7, 11) is 1.64. The van der Waals surface area contributed by atoms with Crippen molar-refractivity contribution in [2.24, 2.45) is 0 Å². The molecule has 2 aromatic rings. The summed E-state index contributed by atoms with van der Waals surface area (Å²) in [4.78, 5) is 29.1. The highest BCUT2D eigenvalue weighted by atomic mass is 35.5. The highest BCUT2D eigenvalue weighted by Crippen LogP contribution is 2.49. The summed E-state index contributed by atoms with van der Waals surface area (Å²) in [6.07, 6.45) is 4.72. The Hall–Kier alpha value is -2.37. The molecule has 1 atom stereocenters. The fourth-order valence-corrected chi connectivity index (χ4v) is 5.30. The van der Waals surface area contributed by atoms with Crippen LogP contribution in [0.4, 0.5) is 5.69 Å². The second-order valence-electron chi connectivity index (χ2n) is 8.10. The van der Waals surface area contributed by atoms with Crippen LogP contribution in [0.5, 0.6) is 0 Å². The molecule has 158 valence electrons. The second kappa shape index (κ2) is 8.78. The number of rotatable bonds is 5. The number of hydrogen-bond donors (Lipinski definition) is 1. The molecule has 1 aliphatic carbocycles. The topological polar surface area (TPSA) is 58.6 Å². The van der Waals surface area contributed by atoms with Gasteiger partial charge in [-0.3, -0.25) is 9.59 Å². The Bertz CT molecular complexity index is 940. The SMILES string of the molecule is COCCN1C(=O)c2ccccc2[C@H](C(=O)Nc2ccccc2Cl)C12CCCCC2. The van der Waals surface area contributed by atoms with Gasteiger partial charge in [0.1, 0.15) is 0 Å². The van der Waals surface area contributed by atoms with E-state index in [4.69, 9.17) is 16.3 Å². The van der Waals surface area contributed by atoms with Crippen molar-refractivity contribution in [3.8, 4) is 0 Å². The van der Waals surface area contributed by atoms with Gasteiger partial charge in [0.15, 0.2) is 0 Å². The van der Waals surface area contributed by atoms with Gasteiger partial charge in [0.05, 0.1) is 28.8 Å². The molecule has 2 aromatic carbocycles. The Labute approximate surface area is 182 Å². The number of methoxy groups -OCH3 is 1. The van der Waals surface area contributed by atoms with Crippen LogP contribution in [0.1, 0.15) is 53.9 Å². The van der Waals surface area contributed by atoms with E-state index in [1.165, 1.54) is 0 Å². The third kappa shape index (κ3) is 3.61. The van der Waals surface area contributed by atoms with Crippen LogP contribution in [-0.4, -0.2) is 42.5 Å². The van der Waals surface area contributed by atoms with E-state index in [0.717, 1.165) is 37.7 Å². The molecule has 1 saturated carbocycles. The maximum atomic E-state index is 13.7. The number of carbonyl (C=O) groups excluding carboxylic acids is 2. The molecule has 0 unspecified atom stereocenters. The molecule has 0 saturated heterocycles. The number of ether oxygens (including phenoxy) is 1. The fraction of sp³-hybridized carbons (Fsp3) is 0.417. The van der Waals surface area contributed by atoms with Gasteiger partial charge in [-0.15, -0.1) is 0 Å². The van der Waals surface area contributed by atoms with Crippen LogP contribution in [0.2, 0.25) is 5.02 Å². The Morgan fingerprint density at radius 2 is 1.83 bits per heavy atom. The van der Waals surface area contributed by atoms with Crippen molar-refractivity contribution >= 4 is 29.1 Å². The maximum absolute atomic E-state index is 13.7. The van der Waals surface area contributed by atoms with E-state index in [1.54, 1.807) is 19.2 Å². The highest BCUT2D eigenvalue weighted by molar-refractivity contribution is 6.33. The summed E-state index contributed by atoms with van der Waals surface area (Å²) in [6, 6.07) is 14.8. The third-order valence-corrected chi connectivity index (χ3v) is 6.78. The number of para-hydroxylation sites is 1. The summed E-state index contributed by atoms with van der Waals surface area (Å²) >= 11 is 6.31. The van der Waals surface area contributed by atoms with Crippen LogP contribution >= 0.6 is 11.6 Å². The standard InChI is InChI=1S/C24H27ClN2O3/c1-30-16-15-27-23(29)18-10-4-3-9-17(18)21(24(27)13-7-2-8-14-24)22(28)26-20-12-6-5-11-19(20)25/h3-6,9-12,21H,2,7-8,13-16H2,1H3,(H,26,28)/t21-/m1/s1. The van der Waals surface area contributed by atoms with Crippen molar-refractivity contribution in [2.45, 2.75) is 43.6 Å². The van der Waals surface area contributed by atoms with Gasteiger partial charge >= 0.3 is 0 Å². The van der Waals surface area contributed by atoms with Crippen molar-refractivity contribution in [2.75, 3.05) is 25.6 Å². The van der Waals surface area contributed by atoms with Gasteiger partial charge in [-0.1, -0.05) is 61.2 Å². The van der Waals surface area contributed by atoms with Gasteiger partial charge in [-0.2, -0.15) is 0 Å². The average molecular weight is 427 g/mol. The molecule has 1 N–H and O–H groups in total. The highest BCUT2D eigenvalue weighted by Gasteiger charge is 2.54. The normalized spacial score (nSPS) is 20.1. The number of amides is 2. The molecule has 1 heterocycles. The Balaban J connectivity index is 1.81. The van der Waals surface area contributed by atoms with Gasteiger partial charge in [-0.05, 0) is 36.6 Å². The molecular formula is C24H27ClN2O3. The third-order valence-electron chi connectivity index (χ3n) is 6.45. The number of anilines is 1. The van der Waals surface area contributed by atoms with Gasteiger partial charge in [0, 0.05) is 19.2 Å². The number of hydrogen-bond acceptors (Lipinski definition) is 3. The lowest BCUT2D eigenvalue weighted by Crippen LogP contribution is -2.62. The van der Waals surface area contributed by atoms with Crippen molar-refractivity contribution in [1.29, 1.82) is 0 Å². The van der Waals surface area contributed by atoms with Crippen molar-refractivity contribution in [1.82, 2.24) is 4.90 Å². The quantitative estimate of drug-likeness (QED) is 0.742. The van der Waals surface area contributed by atoms with Crippen LogP contribution in [0.25, 0.3) is 0 Å². The van der Waals surface area contributed by atoms with Crippen LogP contribution in [-0.2, 0) is 9.53 Å². The first-order chi connectivity index (χ1) is 14.6. The van der Waals surface area contributed by atoms with Crippen LogP contribution in [0, 0.1) is 0 Å². The number of nitrogens with one attached hydrogen (secondary N) is 1. The average Bonchev–Trinajstić information content (AvgIpc) is 2.76. The molecule has 0 aromatic heterocycles.